The van der Waals surface area contributed by atoms with Gasteiger partial charge in [-0.2, -0.15) is 0 Å². The van der Waals surface area contributed by atoms with Crippen LogP contribution in [-0.2, 0) is 31.9 Å². The molecular weight excluding hydrogens is 902 g/mol. The fraction of sp³-hybridized carbons (Fsp3) is 0.333. The minimum atomic E-state index is -0.297. The van der Waals surface area contributed by atoms with Crippen LogP contribution in [0.15, 0.2) is 103 Å². The number of aromatic nitrogens is 3. The van der Waals surface area contributed by atoms with E-state index in [9.17, 15) is 5.11 Å². The van der Waals surface area contributed by atoms with Crippen LogP contribution < -0.4 is 0 Å². The first-order valence-corrected chi connectivity index (χ1v) is 21.0. The molecule has 59 heavy (non-hydrogen) atoms. The van der Waals surface area contributed by atoms with E-state index in [2.05, 4.69) is 198 Å². The fourth-order valence-corrected chi connectivity index (χ4v) is 8.09. The minimum absolute atomic E-state index is 0. The Morgan fingerprint density at radius 1 is 0.644 bits per heavy atom. The molecule has 1 N–H and O–H groups in total. The van der Waals surface area contributed by atoms with E-state index in [0.717, 1.165) is 67.2 Å². The van der Waals surface area contributed by atoms with Gasteiger partial charge in [0.05, 0.1) is 22.3 Å². The number of hydrogen-bond donors (Lipinski definition) is 1. The van der Waals surface area contributed by atoms with E-state index >= 15 is 0 Å². The van der Waals surface area contributed by atoms with Gasteiger partial charge in [0, 0.05) is 38.5 Å². The Bertz CT molecular complexity index is 2620. The summed E-state index contributed by atoms with van der Waals surface area (Å²) < 4.78 is 2.34. The molecule has 0 bridgehead atoms. The van der Waals surface area contributed by atoms with Gasteiger partial charge in [-0.25, -0.2) is 4.98 Å². The topological polar surface area (TPSA) is 50.9 Å². The van der Waals surface area contributed by atoms with E-state index in [-0.39, 0.29) is 55.4 Å². The fourth-order valence-electron chi connectivity index (χ4n) is 8.09. The van der Waals surface area contributed by atoms with Gasteiger partial charge in [0.2, 0.25) is 0 Å². The Labute approximate surface area is 367 Å². The normalized spacial score (nSPS) is 12.2. The Hall–Kier alpha value is -4.79. The van der Waals surface area contributed by atoms with Crippen LogP contribution in [0, 0.1) is 13.0 Å². The summed E-state index contributed by atoms with van der Waals surface area (Å²) in [6.07, 6.45) is 1.90. The summed E-state index contributed by atoms with van der Waals surface area (Å²) in [6.45, 7) is 28.9. The molecule has 2 heterocycles. The van der Waals surface area contributed by atoms with Crippen LogP contribution >= 0.6 is 0 Å². The van der Waals surface area contributed by atoms with Crippen molar-refractivity contribution in [2.45, 2.75) is 119 Å². The molecule has 0 aliphatic heterocycles. The number of phenols is 1. The van der Waals surface area contributed by atoms with Crippen molar-refractivity contribution in [1.29, 1.82) is 0 Å². The Balaban J connectivity index is 0.00000585. The maximum Gasteiger partial charge on any atom is 0.148 e. The third-order valence-corrected chi connectivity index (χ3v) is 11.5. The van der Waals surface area contributed by atoms with E-state index in [1.165, 1.54) is 27.8 Å². The Morgan fingerprint density at radius 3 is 1.88 bits per heavy atom. The number of benzene rings is 5. The van der Waals surface area contributed by atoms with Crippen molar-refractivity contribution in [1.82, 2.24) is 14.5 Å². The molecule has 2 aromatic heterocycles. The number of phenolic OH excluding ortho intramolecular Hbond substituents is 1. The molecule has 5 heteroatoms. The van der Waals surface area contributed by atoms with Gasteiger partial charge in [-0.05, 0) is 81.5 Å². The second kappa shape index (κ2) is 16.7. The third kappa shape index (κ3) is 8.62. The number of hydrogen-bond acceptors (Lipinski definition) is 3. The zero-order valence-electron chi connectivity index (χ0n) is 37.2. The largest absolute Gasteiger partial charge is 0.507 e. The number of imidazole rings is 1. The predicted molar refractivity (Wildman–Crippen MR) is 246 cm³/mol. The summed E-state index contributed by atoms with van der Waals surface area (Å²) in [5.74, 6) is 1.80. The van der Waals surface area contributed by atoms with Gasteiger partial charge < -0.3 is 5.11 Å². The van der Waals surface area contributed by atoms with E-state index in [1.807, 2.05) is 6.20 Å². The number of fused-ring (bicyclic) bond motifs is 1. The Kier molecular flexibility index (Phi) is 12.4. The second-order valence-corrected chi connectivity index (χ2v) is 19.2. The molecule has 7 aromatic rings. The van der Waals surface area contributed by atoms with Crippen LogP contribution in [0.2, 0.25) is 0 Å². The second-order valence-electron chi connectivity index (χ2n) is 19.2. The molecular formula is C54H60N3OPt-. The quantitative estimate of drug-likeness (QED) is 0.154. The first-order valence-electron chi connectivity index (χ1n) is 21.0. The van der Waals surface area contributed by atoms with Crippen LogP contribution in [0.3, 0.4) is 0 Å². The number of aryl methyl sites for hydroxylation is 1. The van der Waals surface area contributed by atoms with E-state index in [1.54, 1.807) is 0 Å². The maximum absolute atomic E-state index is 12.4. The van der Waals surface area contributed by atoms with Crippen molar-refractivity contribution in [3.05, 3.63) is 143 Å². The zero-order chi connectivity index (χ0) is 41.8. The van der Waals surface area contributed by atoms with Crippen molar-refractivity contribution in [3.8, 4) is 56.3 Å². The molecule has 0 spiro atoms. The summed E-state index contributed by atoms with van der Waals surface area (Å²) >= 11 is 0. The maximum atomic E-state index is 12.4. The first kappa shape index (κ1) is 43.8. The first-order chi connectivity index (χ1) is 27.3. The van der Waals surface area contributed by atoms with Crippen LogP contribution in [-0.4, -0.2) is 19.6 Å². The van der Waals surface area contributed by atoms with E-state index in [4.69, 9.17) is 9.97 Å². The van der Waals surface area contributed by atoms with Crippen LogP contribution in [0.5, 0.6) is 5.75 Å². The summed E-state index contributed by atoms with van der Waals surface area (Å²) in [7, 11) is 0. The monoisotopic (exact) mass is 961 g/mol. The van der Waals surface area contributed by atoms with Gasteiger partial charge in [0.25, 0.3) is 0 Å². The molecule has 0 saturated heterocycles. The number of aromatic hydroxyl groups is 1. The number of pyridine rings is 1. The number of nitrogens with zero attached hydrogens (tertiary/aromatic N) is 3. The SMILES string of the molecule is Cc1cccc(-c2ccnc(-c3[c-]c(-c4cccc5c4nc(-c4cc(C(C)(C)C)cc(C(C)(C)C)c4O)n5-c4c(C(C)C)cccc4C(C)C)cc(C(C)C)c3)c2)c1.[Pt]. The van der Waals surface area contributed by atoms with Crippen molar-refractivity contribution >= 4 is 11.0 Å². The molecule has 0 fully saturated rings. The Morgan fingerprint density at radius 2 is 1.27 bits per heavy atom. The molecule has 0 unspecified atom stereocenters. The molecule has 0 atom stereocenters. The molecule has 0 amide bonds. The molecule has 0 radical (unpaired) electrons. The molecule has 308 valence electrons. The number of rotatable bonds is 8. The van der Waals surface area contributed by atoms with Gasteiger partial charge in [0.1, 0.15) is 11.6 Å². The smallest absolute Gasteiger partial charge is 0.148 e. The summed E-state index contributed by atoms with van der Waals surface area (Å²) in [4.78, 5) is 10.5. The molecule has 0 saturated carbocycles. The van der Waals surface area contributed by atoms with Crippen molar-refractivity contribution in [2.24, 2.45) is 0 Å². The minimum Gasteiger partial charge on any atom is -0.507 e. The standard InChI is InChI=1S/C54H60N3O.Pt/c1-32(2)38-26-39(28-40(27-38)47-29-37(23-24-55-47)36-18-14-17-35(7)25-36)44-21-16-22-48-49(44)56-52(57(48)50-42(33(3)4)19-15-20-43(50)34(5)6)45-30-41(53(8,9)10)31-46(51(45)58)54(11,12)13;/h14-27,29-34,58H,1-13H3;/q-1;. The van der Waals surface area contributed by atoms with Crippen LogP contribution in [0.1, 0.15) is 134 Å². The van der Waals surface area contributed by atoms with Gasteiger partial charge in [0.15, 0.2) is 0 Å². The van der Waals surface area contributed by atoms with E-state index < -0.39 is 0 Å². The molecule has 0 aliphatic rings. The summed E-state index contributed by atoms with van der Waals surface area (Å²) in [6, 6.07) is 38.7. The van der Waals surface area contributed by atoms with Gasteiger partial charge in [-0.3, -0.25) is 9.55 Å². The molecule has 4 nitrogen and oxygen atoms in total. The van der Waals surface area contributed by atoms with Crippen molar-refractivity contribution in [3.63, 3.8) is 0 Å². The van der Waals surface area contributed by atoms with Crippen LogP contribution in [0.4, 0.5) is 0 Å². The van der Waals surface area contributed by atoms with Crippen molar-refractivity contribution < 1.29 is 26.2 Å². The van der Waals surface area contributed by atoms with Crippen molar-refractivity contribution in [2.75, 3.05) is 0 Å². The number of para-hydroxylation sites is 2. The average Bonchev–Trinajstić information content (AvgIpc) is 3.55. The summed E-state index contributed by atoms with van der Waals surface area (Å²) in [5, 5.41) is 12.4. The van der Waals surface area contributed by atoms with E-state index in [0.29, 0.717) is 0 Å². The van der Waals surface area contributed by atoms with Gasteiger partial charge >= 0.3 is 0 Å². The van der Waals surface area contributed by atoms with Crippen LogP contribution in [0.25, 0.3) is 61.6 Å². The molecule has 0 aliphatic carbocycles. The van der Waals surface area contributed by atoms with Gasteiger partial charge in [-0.15, -0.1) is 29.3 Å². The molecule has 5 aromatic carbocycles. The summed E-state index contributed by atoms with van der Waals surface area (Å²) in [5.41, 5.74) is 16.4. The van der Waals surface area contributed by atoms with Gasteiger partial charge in [-0.1, -0.05) is 167 Å². The molecule has 7 rings (SSSR count). The third-order valence-electron chi connectivity index (χ3n) is 11.5. The predicted octanol–water partition coefficient (Wildman–Crippen LogP) is 14.9. The zero-order valence-corrected chi connectivity index (χ0v) is 39.4. The average molecular weight is 962 g/mol.